The van der Waals surface area contributed by atoms with Crippen molar-refractivity contribution in [2.75, 3.05) is 0 Å². The van der Waals surface area contributed by atoms with Crippen molar-refractivity contribution in [2.45, 2.75) is 46.1 Å². The van der Waals surface area contributed by atoms with E-state index in [1.165, 1.54) is 6.42 Å². The van der Waals surface area contributed by atoms with Gasteiger partial charge in [-0.25, -0.2) is 0 Å². The summed E-state index contributed by atoms with van der Waals surface area (Å²) in [4.78, 5) is 10.2. The molecule has 0 bridgehead atoms. The van der Waals surface area contributed by atoms with Gasteiger partial charge in [-0.05, 0) is 13.3 Å². The first-order valence-corrected chi connectivity index (χ1v) is 3.90. The van der Waals surface area contributed by atoms with Crippen molar-refractivity contribution < 1.29 is 9.53 Å². The van der Waals surface area contributed by atoms with Crippen LogP contribution in [-0.2, 0) is 9.53 Å². The Labute approximate surface area is 62.6 Å². The highest BCUT2D eigenvalue weighted by Gasteiger charge is 2.17. The third-order valence-electron chi connectivity index (χ3n) is 1.09. The van der Waals surface area contributed by atoms with Gasteiger partial charge in [0.1, 0.15) is 0 Å². The molecule has 10 heavy (non-hydrogen) atoms. The Kier molecular flexibility index (Phi) is 4.99. The first-order chi connectivity index (χ1) is 4.70. The lowest BCUT2D eigenvalue weighted by Crippen LogP contribution is -1.98. The van der Waals surface area contributed by atoms with Gasteiger partial charge in [-0.2, -0.15) is 0 Å². The minimum absolute atomic E-state index is 0.0486. The van der Waals surface area contributed by atoms with E-state index in [2.05, 4.69) is 13.8 Å². The summed E-state index contributed by atoms with van der Waals surface area (Å²) in [5.74, 6) is -0.0486. The van der Waals surface area contributed by atoms with Crippen molar-refractivity contribution in [3.8, 4) is 0 Å². The average Bonchev–Trinajstić information content (AvgIpc) is 2.17. The van der Waals surface area contributed by atoms with Gasteiger partial charge in [0.25, 0.3) is 0 Å². The lowest BCUT2D eigenvalue weighted by molar-refractivity contribution is -0.140. The van der Waals surface area contributed by atoms with Crippen molar-refractivity contribution in [3.63, 3.8) is 0 Å². The molecule has 1 heterocycles. The highest BCUT2D eigenvalue weighted by Crippen LogP contribution is 2.11. The van der Waals surface area contributed by atoms with E-state index in [1.54, 1.807) is 0 Å². The van der Waals surface area contributed by atoms with E-state index >= 15 is 0 Å². The number of hydrogen-bond acceptors (Lipinski definition) is 2. The van der Waals surface area contributed by atoms with Crippen LogP contribution >= 0.6 is 0 Å². The second-order valence-electron chi connectivity index (χ2n) is 2.55. The molecule has 2 heteroatoms. The number of ether oxygens (including phenoxy) is 1. The molecule has 1 rings (SSSR count). The van der Waals surface area contributed by atoms with E-state index in [-0.39, 0.29) is 12.1 Å². The highest BCUT2D eigenvalue weighted by atomic mass is 16.5. The Hall–Kier alpha value is -0.530. The predicted octanol–water partition coefficient (Wildman–Crippen LogP) is 2.13. The normalized spacial score (nSPS) is 23.1. The molecule has 1 aliphatic rings. The first kappa shape index (κ1) is 9.47. The fourth-order valence-electron chi connectivity index (χ4n) is 0.663. The van der Waals surface area contributed by atoms with Gasteiger partial charge in [0.05, 0.1) is 6.10 Å². The second-order valence-corrected chi connectivity index (χ2v) is 2.55. The number of hydrogen-bond donors (Lipinski definition) is 0. The molecule has 0 aliphatic carbocycles. The van der Waals surface area contributed by atoms with Crippen LogP contribution in [0.3, 0.4) is 0 Å². The van der Waals surface area contributed by atoms with E-state index in [9.17, 15) is 4.79 Å². The zero-order valence-electron chi connectivity index (χ0n) is 7.02. The van der Waals surface area contributed by atoms with Gasteiger partial charge in [-0.1, -0.05) is 20.3 Å². The molecule has 0 N–H and O–H groups in total. The van der Waals surface area contributed by atoms with Gasteiger partial charge in [0.15, 0.2) is 0 Å². The van der Waals surface area contributed by atoms with Gasteiger partial charge in [-0.15, -0.1) is 0 Å². The smallest absolute Gasteiger partial charge is 0.306 e. The topological polar surface area (TPSA) is 26.3 Å². The number of esters is 1. The van der Waals surface area contributed by atoms with Crippen molar-refractivity contribution in [3.05, 3.63) is 0 Å². The summed E-state index contributed by atoms with van der Waals surface area (Å²) in [7, 11) is 0. The van der Waals surface area contributed by atoms with Crippen LogP contribution in [0, 0.1) is 0 Å². The summed E-state index contributed by atoms with van der Waals surface area (Å²) in [6, 6.07) is 0. The van der Waals surface area contributed by atoms with Crippen LogP contribution in [0.4, 0.5) is 0 Å². The largest absolute Gasteiger partial charge is 0.463 e. The Morgan fingerprint density at radius 1 is 1.60 bits per heavy atom. The molecule has 0 unspecified atom stereocenters. The van der Waals surface area contributed by atoms with E-state index in [4.69, 9.17) is 4.74 Å². The molecule has 0 aromatic rings. The van der Waals surface area contributed by atoms with Crippen molar-refractivity contribution >= 4 is 5.97 Å². The zero-order valence-corrected chi connectivity index (χ0v) is 7.02. The molecular weight excluding hydrogens is 128 g/mol. The summed E-state index contributed by atoms with van der Waals surface area (Å²) in [5.41, 5.74) is 0. The third-order valence-corrected chi connectivity index (χ3v) is 1.09. The molecule has 1 saturated heterocycles. The van der Waals surface area contributed by atoms with Gasteiger partial charge in [0, 0.05) is 6.42 Å². The molecule has 1 fully saturated rings. The van der Waals surface area contributed by atoms with Gasteiger partial charge in [0.2, 0.25) is 0 Å². The SMILES string of the molecule is CCC.C[C@H]1CCC(=O)O1. The maximum absolute atomic E-state index is 10.2. The minimum Gasteiger partial charge on any atom is -0.463 e. The molecule has 0 saturated carbocycles. The third kappa shape index (κ3) is 4.36. The molecule has 0 radical (unpaired) electrons. The van der Waals surface area contributed by atoms with Crippen LogP contribution in [0.5, 0.6) is 0 Å². The van der Waals surface area contributed by atoms with Crippen molar-refractivity contribution in [2.24, 2.45) is 0 Å². The molecule has 0 aromatic heterocycles. The second kappa shape index (κ2) is 5.27. The zero-order chi connectivity index (χ0) is 7.98. The molecule has 0 spiro atoms. The van der Waals surface area contributed by atoms with Crippen LogP contribution in [0.25, 0.3) is 0 Å². The molecule has 0 aromatic carbocycles. The Morgan fingerprint density at radius 2 is 2.10 bits per heavy atom. The van der Waals surface area contributed by atoms with Gasteiger partial charge < -0.3 is 4.74 Å². The summed E-state index contributed by atoms with van der Waals surface area (Å²) in [6.07, 6.45) is 2.94. The summed E-state index contributed by atoms with van der Waals surface area (Å²) < 4.78 is 4.72. The molecular formula is C8H16O2. The summed E-state index contributed by atoms with van der Waals surface area (Å²) in [5, 5.41) is 0. The minimum atomic E-state index is -0.0486. The first-order valence-electron chi connectivity index (χ1n) is 3.90. The lowest BCUT2D eigenvalue weighted by atomic mass is 10.3. The van der Waals surface area contributed by atoms with Crippen LogP contribution < -0.4 is 0 Å². The van der Waals surface area contributed by atoms with Gasteiger partial charge >= 0.3 is 5.97 Å². The molecule has 0 amide bonds. The van der Waals surface area contributed by atoms with Crippen LogP contribution in [0.1, 0.15) is 40.0 Å². The van der Waals surface area contributed by atoms with E-state index < -0.39 is 0 Å². The average molecular weight is 144 g/mol. The number of carbonyl (C=O) groups is 1. The maximum atomic E-state index is 10.2. The molecule has 2 nitrogen and oxygen atoms in total. The predicted molar refractivity (Wildman–Crippen MR) is 40.8 cm³/mol. The fourth-order valence-corrected chi connectivity index (χ4v) is 0.663. The highest BCUT2D eigenvalue weighted by molar-refractivity contribution is 5.71. The van der Waals surface area contributed by atoms with E-state index in [0.29, 0.717) is 6.42 Å². The Morgan fingerprint density at radius 3 is 2.20 bits per heavy atom. The number of rotatable bonds is 0. The quantitative estimate of drug-likeness (QED) is 0.487. The monoisotopic (exact) mass is 144 g/mol. The lowest BCUT2D eigenvalue weighted by Gasteiger charge is -1.95. The van der Waals surface area contributed by atoms with Crippen molar-refractivity contribution in [1.82, 2.24) is 0 Å². The van der Waals surface area contributed by atoms with E-state index in [1.807, 2.05) is 6.92 Å². The summed E-state index contributed by atoms with van der Waals surface area (Å²) in [6.45, 7) is 6.16. The fraction of sp³-hybridized carbons (Fsp3) is 0.875. The molecule has 1 aliphatic heterocycles. The standard InChI is InChI=1S/C5H8O2.C3H8/c1-4-2-3-5(6)7-4;1-3-2/h4H,2-3H2,1H3;3H2,1-2H3/t4-;/m0./s1. The summed E-state index contributed by atoms with van der Waals surface area (Å²) >= 11 is 0. The Balaban J connectivity index is 0.000000236. The van der Waals surface area contributed by atoms with Gasteiger partial charge in [-0.3, -0.25) is 4.79 Å². The maximum Gasteiger partial charge on any atom is 0.306 e. The number of carbonyl (C=O) groups excluding carboxylic acids is 1. The van der Waals surface area contributed by atoms with Crippen LogP contribution in [0.15, 0.2) is 0 Å². The van der Waals surface area contributed by atoms with Crippen LogP contribution in [0.2, 0.25) is 0 Å². The van der Waals surface area contributed by atoms with Crippen LogP contribution in [-0.4, -0.2) is 12.1 Å². The number of cyclic esters (lactones) is 1. The van der Waals surface area contributed by atoms with Crippen molar-refractivity contribution in [1.29, 1.82) is 0 Å². The molecule has 60 valence electrons. The van der Waals surface area contributed by atoms with E-state index in [0.717, 1.165) is 6.42 Å². The molecule has 1 atom stereocenters. The Bertz CT molecular complexity index is 99.4.